The smallest absolute Gasteiger partial charge is 0.323 e. The second kappa shape index (κ2) is 6.72. The van der Waals surface area contributed by atoms with Gasteiger partial charge < -0.3 is 4.90 Å². The van der Waals surface area contributed by atoms with Crippen molar-refractivity contribution in [2.75, 3.05) is 13.1 Å². The summed E-state index contributed by atoms with van der Waals surface area (Å²) in [6.45, 7) is 7.79. The molecule has 2 rings (SSSR count). The standard InChI is InChI=1S/C16H20FN3O3S/c1-5-19(6-2)16(21)20-10-13(17)15(18-20)24(22,23)14-9-7-8-11(3)12(14)4/h7-10H,5-6H2,1-4H3. The molecule has 1 aromatic carbocycles. The summed E-state index contributed by atoms with van der Waals surface area (Å²) < 4.78 is 40.4. The van der Waals surface area contributed by atoms with Crippen LogP contribution >= 0.6 is 0 Å². The summed E-state index contributed by atoms with van der Waals surface area (Å²) in [7, 11) is -4.15. The van der Waals surface area contributed by atoms with E-state index in [4.69, 9.17) is 0 Å². The molecule has 0 saturated heterocycles. The van der Waals surface area contributed by atoms with Crippen LogP contribution in [0.2, 0.25) is 0 Å². The lowest BCUT2D eigenvalue weighted by atomic mass is 10.1. The molecule has 0 saturated carbocycles. The average molecular weight is 353 g/mol. The Balaban J connectivity index is 2.53. The van der Waals surface area contributed by atoms with Crippen molar-refractivity contribution in [2.45, 2.75) is 37.6 Å². The normalized spacial score (nSPS) is 11.5. The average Bonchev–Trinajstić information content (AvgIpc) is 2.93. The van der Waals surface area contributed by atoms with Crippen molar-refractivity contribution < 1.29 is 17.6 Å². The molecule has 0 unspecified atom stereocenters. The first-order chi connectivity index (χ1) is 11.2. The second-order valence-electron chi connectivity index (χ2n) is 5.38. The van der Waals surface area contributed by atoms with Gasteiger partial charge in [0.1, 0.15) is 0 Å². The maximum Gasteiger partial charge on any atom is 0.344 e. The number of halogens is 1. The van der Waals surface area contributed by atoms with Gasteiger partial charge in [-0.2, -0.15) is 4.68 Å². The number of benzene rings is 1. The van der Waals surface area contributed by atoms with Crippen molar-refractivity contribution >= 4 is 15.9 Å². The van der Waals surface area contributed by atoms with Gasteiger partial charge in [0.25, 0.3) is 0 Å². The van der Waals surface area contributed by atoms with Crippen LogP contribution in [-0.4, -0.2) is 42.2 Å². The molecule has 2 aromatic rings. The fourth-order valence-electron chi connectivity index (χ4n) is 2.38. The molecular weight excluding hydrogens is 333 g/mol. The van der Waals surface area contributed by atoms with Crippen LogP contribution in [0.4, 0.5) is 9.18 Å². The highest BCUT2D eigenvalue weighted by Gasteiger charge is 2.29. The number of nitrogens with zero attached hydrogens (tertiary/aromatic N) is 3. The highest BCUT2D eigenvalue weighted by molar-refractivity contribution is 7.91. The fourth-order valence-corrected chi connectivity index (χ4v) is 3.91. The van der Waals surface area contributed by atoms with E-state index >= 15 is 0 Å². The summed E-state index contributed by atoms with van der Waals surface area (Å²) in [6, 6.07) is 4.20. The Kier molecular flexibility index (Phi) is 5.08. The number of aryl methyl sites for hydroxylation is 1. The van der Waals surface area contributed by atoms with Gasteiger partial charge in [0, 0.05) is 13.1 Å². The summed E-state index contributed by atoms with van der Waals surface area (Å²) in [5, 5.41) is 2.97. The van der Waals surface area contributed by atoms with Crippen molar-refractivity contribution in [3.8, 4) is 0 Å². The molecule has 1 aromatic heterocycles. The van der Waals surface area contributed by atoms with Crippen molar-refractivity contribution in [3.05, 3.63) is 41.3 Å². The van der Waals surface area contributed by atoms with E-state index in [0.717, 1.165) is 16.4 Å². The highest BCUT2D eigenvalue weighted by Crippen LogP contribution is 2.26. The van der Waals surface area contributed by atoms with E-state index in [1.807, 2.05) is 0 Å². The lowest BCUT2D eigenvalue weighted by molar-refractivity contribution is 0.201. The van der Waals surface area contributed by atoms with Crippen molar-refractivity contribution in [1.29, 1.82) is 0 Å². The number of aromatic nitrogens is 2. The largest absolute Gasteiger partial charge is 0.344 e. The first-order valence-corrected chi connectivity index (χ1v) is 9.08. The minimum atomic E-state index is -4.15. The van der Waals surface area contributed by atoms with Gasteiger partial charge in [-0.1, -0.05) is 12.1 Å². The Labute approximate surface area is 140 Å². The first kappa shape index (κ1) is 18.1. The molecule has 0 aliphatic rings. The van der Waals surface area contributed by atoms with E-state index in [2.05, 4.69) is 5.10 Å². The van der Waals surface area contributed by atoms with Crippen molar-refractivity contribution in [3.63, 3.8) is 0 Å². The number of rotatable bonds is 4. The lowest BCUT2D eigenvalue weighted by Crippen LogP contribution is -2.34. The minimum absolute atomic E-state index is 0.0121. The van der Waals surface area contributed by atoms with Crippen LogP contribution in [-0.2, 0) is 9.84 Å². The number of hydrogen-bond acceptors (Lipinski definition) is 4. The Morgan fingerprint density at radius 1 is 1.25 bits per heavy atom. The highest BCUT2D eigenvalue weighted by atomic mass is 32.2. The molecule has 24 heavy (non-hydrogen) atoms. The summed E-state index contributed by atoms with van der Waals surface area (Å²) in [5.74, 6) is -1.04. The van der Waals surface area contributed by atoms with Crippen LogP contribution < -0.4 is 0 Å². The number of carbonyl (C=O) groups is 1. The first-order valence-electron chi connectivity index (χ1n) is 7.59. The predicted octanol–water partition coefficient (Wildman–Crippen LogP) is 2.78. The topological polar surface area (TPSA) is 72.3 Å². The Hall–Kier alpha value is -2.22. The van der Waals surface area contributed by atoms with Gasteiger partial charge >= 0.3 is 6.03 Å². The van der Waals surface area contributed by atoms with Gasteiger partial charge in [-0.15, -0.1) is 5.10 Å². The van der Waals surface area contributed by atoms with Gasteiger partial charge in [-0.25, -0.2) is 17.6 Å². The summed E-state index contributed by atoms with van der Waals surface area (Å²) >= 11 is 0. The molecule has 0 aliphatic heterocycles. The van der Waals surface area contributed by atoms with Crippen molar-refractivity contribution in [2.24, 2.45) is 0 Å². The molecule has 130 valence electrons. The van der Waals surface area contributed by atoms with Gasteiger partial charge in [-0.3, -0.25) is 0 Å². The maximum absolute atomic E-state index is 14.2. The van der Waals surface area contributed by atoms with E-state index in [0.29, 0.717) is 18.7 Å². The molecule has 6 nitrogen and oxygen atoms in total. The van der Waals surface area contributed by atoms with E-state index < -0.39 is 26.7 Å². The monoisotopic (exact) mass is 353 g/mol. The van der Waals surface area contributed by atoms with E-state index in [9.17, 15) is 17.6 Å². The summed E-state index contributed by atoms with van der Waals surface area (Å²) in [4.78, 5) is 13.6. The molecule has 1 amide bonds. The molecule has 0 N–H and O–H groups in total. The van der Waals surface area contributed by atoms with Gasteiger partial charge in [0.05, 0.1) is 11.1 Å². The van der Waals surface area contributed by atoms with Gasteiger partial charge in [-0.05, 0) is 44.9 Å². The zero-order valence-electron chi connectivity index (χ0n) is 14.1. The molecule has 0 spiro atoms. The van der Waals surface area contributed by atoms with Gasteiger partial charge in [0.2, 0.25) is 14.9 Å². The number of sulfone groups is 1. The number of carbonyl (C=O) groups excluding carboxylic acids is 1. The molecule has 0 aliphatic carbocycles. The molecule has 0 bridgehead atoms. The fraction of sp³-hybridized carbons (Fsp3) is 0.375. The van der Waals surface area contributed by atoms with Crippen LogP contribution in [0, 0.1) is 19.7 Å². The Morgan fingerprint density at radius 2 is 1.88 bits per heavy atom. The maximum atomic E-state index is 14.2. The van der Waals surface area contributed by atoms with Crippen molar-refractivity contribution in [1.82, 2.24) is 14.7 Å². The van der Waals surface area contributed by atoms with Crippen LogP contribution in [0.15, 0.2) is 34.3 Å². The zero-order chi connectivity index (χ0) is 18.1. The third kappa shape index (κ3) is 3.06. The predicted molar refractivity (Wildman–Crippen MR) is 87.3 cm³/mol. The lowest BCUT2D eigenvalue weighted by Gasteiger charge is -2.17. The van der Waals surface area contributed by atoms with E-state index in [1.165, 1.54) is 11.0 Å². The van der Waals surface area contributed by atoms with Gasteiger partial charge in [0.15, 0.2) is 5.82 Å². The molecule has 0 atom stereocenters. The SMILES string of the molecule is CCN(CC)C(=O)n1cc(F)c(S(=O)(=O)c2cccc(C)c2C)n1. The molecule has 0 fully saturated rings. The third-order valence-electron chi connectivity index (χ3n) is 3.97. The molecular formula is C16H20FN3O3S. The third-order valence-corrected chi connectivity index (χ3v) is 5.77. The minimum Gasteiger partial charge on any atom is -0.323 e. The Bertz CT molecular complexity index is 871. The van der Waals surface area contributed by atoms with Crippen LogP contribution in [0.1, 0.15) is 25.0 Å². The Morgan fingerprint density at radius 3 is 2.46 bits per heavy atom. The van der Waals surface area contributed by atoms with Crippen LogP contribution in [0.25, 0.3) is 0 Å². The number of hydrogen-bond donors (Lipinski definition) is 0. The van der Waals surface area contributed by atoms with E-state index in [-0.39, 0.29) is 4.90 Å². The quantitative estimate of drug-likeness (QED) is 0.847. The van der Waals surface area contributed by atoms with Crippen LogP contribution in [0.5, 0.6) is 0 Å². The molecule has 8 heteroatoms. The zero-order valence-corrected chi connectivity index (χ0v) is 14.9. The summed E-state index contributed by atoms with van der Waals surface area (Å²) in [5.41, 5.74) is 1.30. The number of amides is 1. The second-order valence-corrected chi connectivity index (χ2v) is 7.22. The van der Waals surface area contributed by atoms with Crippen LogP contribution in [0.3, 0.4) is 0 Å². The summed E-state index contributed by atoms with van der Waals surface area (Å²) in [6.07, 6.45) is 0.804. The molecule has 0 radical (unpaired) electrons. The molecule has 1 heterocycles. The van der Waals surface area contributed by atoms with E-state index in [1.54, 1.807) is 39.8 Å².